The number of fused-ring (bicyclic) bond motifs is 1. The van der Waals surface area contributed by atoms with Gasteiger partial charge in [0.15, 0.2) is 0 Å². The van der Waals surface area contributed by atoms with Crippen LogP contribution in [0.15, 0.2) is 23.1 Å². The van der Waals surface area contributed by atoms with Gasteiger partial charge in [-0.1, -0.05) is 6.07 Å². The first kappa shape index (κ1) is 19.4. The lowest BCUT2D eigenvalue weighted by atomic mass is 9.92. The van der Waals surface area contributed by atoms with Crippen LogP contribution in [0.3, 0.4) is 0 Å². The van der Waals surface area contributed by atoms with Crippen LogP contribution in [-0.4, -0.2) is 34.1 Å². The zero-order chi connectivity index (χ0) is 17.6. The van der Waals surface area contributed by atoms with E-state index in [1.165, 1.54) is 17.5 Å². The van der Waals surface area contributed by atoms with Crippen LogP contribution in [0.4, 0.5) is 0 Å². The van der Waals surface area contributed by atoms with Crippen LogP contribution < -0.4 is 9.62 Å². The molecule has 0 unspecified atom stereocenters. The van der Waals surface area contributed by atoms with Crippen molar-refractivity contribution in [1.29, 1.82) is 0 Å². The molecule has 0 radical (unpaired) electrons. The number of rotatable bonds is 9. The molecule has 0 heterocycles. The summed E-state index contributed by atoms with van der Waals surface area (Å²) in [6, 6.07) is 5.61. The summed E-state index contributed by atoms with van der Waals surface area (Å²) in [6.07, 6.45) is 6.38. The van der Waals surface area contributed by atoms with Crippen LogP contribution in [0, 0.1) is 0 Å². The highest BCUT2D eigenvalue weighted by atomic mass is 32.2. The molecule has 1 aliphatic carbocycles. The Hall–Kier alpha value is -0.910. The minimum Gasteiger partial charge on any atom is -0.335 e. The summed E-state index contributed by atoms with van der Waals surface area (Å²) in [4.78, 5) is 1.99. The van der Waals surface area contributed by atoms with E-state index < -0.39 is 10.0 Å². The van der Waals surface area contributed by atoms with Crippen molar-refractivity contribution in [2.45, 2.75) is 70.2 Å². The number of quaternary nitrogens is 1. The number of hydrogen-bond donors (Lipinski definition) is 2. The molecule has 0 saturated carbocycles. The van der Waals surface area contributed by atoms with E-state index in [1.54, 1.807) is 11.0 Å². The number of benzene rings is 1. The summed E-state index contributed by atoms with van der Waals surface area (Å²) in [5.41, 5.74) is 2.53. The van der Waals surface area contributed by atoms with Crippen molar-refractivity contribution in [2.24, 2.45) is 0 Å². The number of nitrogens with one attached hydrogen (secondary N) is 2. The summed E-state index contributed by atoms with van der Waals surface area (Å²) >= 11 is 0. The Labute approximate surface area is 147 Å². The van der Waals surface area contributed by atoms with Gasteiger partial charge in [-0.05, 0) is 82.6 Å². The quantitative estimate of drug-likeness (QED) is 0.713. The first-order chi connectivity index (χ1) is 11.5. The van der Waals surface area contributed by atoms with Gasteiger partial charge >= 0.3 is 0 Å². The predicted octanol–water partition coefficient (Wildman–Crippen LogP) is 1.94. The standard InChI is InChI=1S/C19H32N2O2S/c1-4-21(5-2)14-8-9-16(3)20-24(22,23)19-13-12-17-10-6-7-11-18(17)15-19/h12-13,15-16,20H,4-11,14H2,1-3H3/p+1/t16-/m1/s1. The fraction of sp³-hybridized carbons (Fsp3) is 0.684. The van der Waals surface area contributed by atoms with E-state index in [1.807, 2.05) is 19.1 Å². The van der Waals surface area contributed by atoms with Crippen LogP contribution in [0.25, 0.3) is 0 Å². The maximum absolute atomic E-state index is 12.6. The maximum atomic E-state index is 12.6. The Kier molecular flexibility index (Phi) is 7.26. The Morgan fingerprint density at radius 3 is 2.46 bits per heavy atom. The normalized spacial score (nSPS) is 16.2. The van der Waals surface area contributed by atoms with Crippen molar-refractivity contribution in [3.63, 3.8) is 0 Å². The van der Waals surface area contributed by atoms with Gasteiger partial charge in [0.05, 0.1) is 24.5 Å². The van der Waals surface area contributed by atoms with Crippen molar-refractivity contribution < 1.29 is 13.3 Å². The Balaban J connectivity index is 1.93. The van der Waals surface area contributed by atoms with Gasteiger partial charge in [-0.2, -0.15) is 0 Å². The molecule has 5 heteroatoms. The Bertz CT molecular complexity index is 624. The van der Waals surface area contributed by atoms with Crippen LogP contribution >= 0.6 is 0 Å². The summed E-state index contributed by atoms with van der Waals surface area (Å²) in [6.45, 7) is 9.73. The van der Waals surface area contributed by atoms with Gasteiger partial charge in [-0.3, -0.25) is 0 Å². The van der Waals surface area contributed by atoms with Crippen LogP contribution in [0.1, 0.15) is 57.6 Å². The smallest absolute Gasteiger partial charge is 0.240 e. The van der Waals surface area contributed by atoms with E-state index in [4.69, 9.17) is 0 Å². The lowest BCUT2D eigenvalue weighted by Gasteiger charge is -2.19. The third-order valence-electron chi connectivity index (χ3n) is 5.15. The molecule has 1 aliphatic rings. The molecule has 0 fully saturated rings. The maximum Gasteiger partial charge on any atom is 0.240 e. The molecule has 24 heavy (non-hydrogen) atoms. The molecule has 2 N–H and O–H groups in total. The number of hydrogen-bond acceptors (Lipinski definition) is 2. The largest absolute Gasteiger partial charge is 0.335 e. The van der Waals surface area contributed by atoms with E-state index in [2.05, 4.69) is 18.6 Å². The highest BCUT2D eigenvalue weighted by molar-refractivity contribution is 7.89. The third kappa shape index (κ3) is 5.30. The van der Waals surface area contributed by atoms with Gasteiger partial charge in [0, 0.05) is 6.04 Å². The SMILES string of the molecule is CC[NH+](CC)CCC[C@@H](C)NS(=O)(=O)c1ccc2c(c1)CCCC2. The lowest BCUT2D eigenvalue weighted by molar-refractivity contribution is -0.896. The molecular formula is C19H33N2O2S+. The first-order valence-corrected chi connectivity index (χ1v) is 10.9. The van der Waals surface area contributed by atoms with Crippen molar-refractivity contribution in [3.05, 3.63) is 29.3 Å². The minimum atomic E-state index is -3.41. The fourth-order valence-electron chi connectivity index (χ4n) is 3.53. The molecule has 4 nitrogen and oxygen atoms in total. The van der Waals surface area contributed by atoms with Gasteiger partial charge in [-0.25, -0.2) is 13.1 Å². The average Bonchev–Trinajstić information content (AvgIpc) is 2.58. The van der Waals surface area contributed by atoms with Crippen LogP contribution in [0.5, 0.6) is 0 Å². The Morgan fingerprint density at radius 1 is 1.12 bits per heavy atom. The van der Waals surface area contributed by atoms with Crippen molar-refractivity contribution >= 4 is 10.0 Å². The van der Waals surface area contributed by atoms with Crippen LogP contribution in [-0.2, 0) is 22.9 Å². The van der Waals surface area contributed by atoms with Gasteiger partial charge in [0.1, 0.15) is 0 Å². The summed E-state index contributed by atoms with van der Waals surface area (Å²) in [5.74, 6) is 0. The first-order valence-electron chi connectivity index (χ1n) is 9.44. The summed E-state index contributed by atoms with van der Waals surface area (Å²) in [5, 5.41) is 0. The topological polar surface area (TPSA) is 50.6 Å². The molecule has 0 amide bonds. The summed E-state index contributed by atoms with van der Waals surface area (Å²) in [7, 11) is -3.41. The van der Waals surface area contributed by atoms with E-state index in [0.717, 1.165) is 51.7 Å². The molecule has 1 aromatic carbocycles. The summed E-state index contributed by atoms with van der Waals surface area (Å²) < 4.78 is 28.1. The molecule has 0 bridgehead atoms. The predicted molar refractivity (Wildman–Crippen MR) is 99.0 cm³/mol. The van der Waals surface area contributed by atoms with E-state index >= 15 is 0 Å². The second-order valence-electron chi connectivity index (χ2n) is 7.01. The Morgan fingerprint density at radius 2 is 1.79 bits per heavy atom. The number of sulfonamides is 1. The highest BCUT2D eigenvalue weighted by Gasteiger charge is 2.20. The molecule has 2 rings (SSSR count). The second-order valence-corrected chi connectivity index (χ2v) is 8.72. The van der Waals surface area contributed by atoms with Gasteiger partial charge < -0.3 is 4.90 Å². The second kappa shape index (κ2) is 8.97. The van der Waals surface area contributed by atoms with Gasteiger partial charge in [0.2, 0.25) is 10.0 Å². The van der Waals surface area contributed by atoms with E-state index in [9.17, 15) is 8.42 Å². The fourth-order valence-corrected chi connectivity index (χ4v) is 4.86. The van der Waals surface area contributed by atoms with E-state index in [-0.39, 0.29) is 6.04 Å². The number of aryl methyl sites for hydroxylation is 2. The van der Waals surface area contributed by atoms with E-state index in [0.29, 0.717) is 4.90 Å². The third-order valence-corrected chi connectivity index (χ3v) is 6.74. The molecule has 0 spiro atoms. The van der Waals surface area contributed by atoms with Crippen molar-refractivity contribution in [1.82, 2.24) is 4.72 Å². The molecule has 1 aromatic rings. The van der Waals surface area contributed by atoms with Crippen molar-refractivity contribution in [3.8, 4) is 0 Å². The molecular weight excluding hydrogens is 320 g/mol. The average molecular weight is 354 g/mol. The zero-order valence-electron chi connectivity index (χ0n) is 15.4. The van der Waals surface area contributed by atoms with Gasteiger partial charge in [-0.15, -0.1) is 0 Å². The molecule has 136 valence electrons. The zero-order valence-corrected chi connectivity index (χ0v) is 16.2. The monoisotopic (exact) mass is 353 g/mol. The molecule has 1 atom stereocenters. The lowest BCUT2D eigenvalue weighted by Crippen LogP contribution is -3.11. The van der Waals surface area contributed by atoms with Gasteiger partial charge in [0.25, 0.3) is 0 Å². The molecule has 0 aromatic heterocycles. The molecule has 0 saturated heterocycles. The minimum absolute atomic E-state index is 0.0269. The molecule has 0 aliphatic heterocycles. The van der Waals surface area contributed by atoms with Crippen molar-refractivity contribution in [2.75, 3.05) is 19.6 Å². The van der Waals surface area contributed by atoms with Crippen LogP contribution in [0.2, 0.25) is 0 Å². The highest BCUT2D eigenvalue weighted by Crippen LogP contribution is 2.24.